The second-order valence-electron chi connectivity index (χ2n) is 4.21. The highest BCUT2D eigenvalue weighted by molar-refractivity contribution is 7.89. The van der Waals surface area contributed by atoms with Crippen molar-refractivity contribution >= 4 is 15.7 Å². The van der Waals surface area contributed by atoms with Crippen LogP contribution in [0.1, 0.15) is 20.3 Å². The monoisotopic (exact) mass is 302 g/mol. The molecule has 0 radical (unpaired) electrons. The lowest BCUT2D eigenvalue weighted by atomic mass is 10.3. The number of sulfonamides is 1. The molecule has 0 amide bonds. The Hall–Kier alpha value is -1.31. The summed E-state index contributed by atoms with van der Waals surface area (Å²) >= 11 is 0. The van der Waals surface area contributed by atoms with E-state index in [2.05, 4.69) is 0 Å². The van der Waals surface area contributed by atoms with Gasteiger partial charge in [0.15, 0.2) is 0 Å². The third kappa shape index (κ3) is 3.84. The third-order valence-electron chi connectivity index (χ3n) is 2.80. The number of hydrogen-bond donors (Lipinski definition) is 2. The predicted octanol–water partition coefficient (Wildman–Crippen LogP) is 1.06. The maximum atomic E-state index is 12.6. The number of benzene rings is 1. The Balaban J connectivity index is 3.21. The van der Waals surface area contributed by atoms with E-state index >= 15 is 0 Å². The van der Waals surface area contributed by atoms with E-state index in [0.29, 0.717) is 31.0 Å². The number of ether oxygens (including phenoxy) is 1. The molecule has 0 atom stereocenters. The first-order chi connectivity index (χ1) is 9.47. The van der Waals surface area contributed by atoms with Gasteiger partial charge in [-0.25, -0.2) is 8.42 Å². The summed E-state index contributed by atoms with van der Waals surface area (Å²) in [5, 5.41) is 8.86. The lowest BCUT2D eigenvalue weighted by Crippen LogP contribution is -2.32. The highest BCUT2D eigenvalue weighted by Crippen LogP contribution is 2.29. The minimum Gasteiger partial charge on any atom is -0.492 e. The van der Waals surface area contributed by atoms with Crippen LogP contribution in [0, 0.1) is 0 Å². The van der Waals surface area contributed by atoms with Gasteiger partial charge in [0.1, 0.15) is 10.6 Å². The first-order valence-corrected chi connectivity index (χ1v) is 8.04. The smallest absolute Gasteiger partial charge is 0.246 e. The molecule has 1 rings (SSSR count). The van der Waals surface area contributed by atoms with Crippen LogP contribution in [0.4, 0.5) is 5.69 Å². The van der Waals surface area contributed by atoms with Crippen molar-refractivity contribution in [3.05, 3.63) is 18.2 Å². The first-order valence-electron chi connectivity index (χ1n) is 6.60. The summed E-state index contributed by atoms with van der Waals surface area (Å²) in [4.78, 5) is 0.0686. The minimum absolute atomic E-state index is 0.0543. The van der Waals surface area contributed by atoms with Gasteiger partial charge in [-0.3, -0.25) is 0 Å². The topological polar surface area (TPSA) is 92.9 Å². The molecule has 114 valence electrons. The molecular formula is C13H22N2O4S. The average molecular weight is 302 g/mol. The number of aliphatic hydroxyl groups is 1. The standard InChI is InChI=1S/C13H22N2O4S/c1-3-15(8-5-9-16)20(17,18)13-10-11(14)6-7-12(13)19-4-2/h6-7,10,16H,3-5,8-9,14H2,1-2H3. The summed E-state index contributed by atoms with van der Waals surface area (Å²) in [5.74, 6) is 0.296. The van der Waals surface area contributed by atoms with E-state index in [-0.39, 0.29) is 18.0 Å². The van der Waals surface area contributed by atoms with Crippen LogP contribution in [0.25, 0.3) is 0 Å². The zero-order valence-electron chi connectivity index (χ0n) is 11.9. The van der Waals surface area contributed by atoms with Gasteiger partial charge in [0.2, 0.25) is 10.0 Å². The molecule has 0 aliphatic rings. The first kappa shape index (κ1) is 16.7. The Labute approximate surface area is 120 Å². The maximum Gasteiger partial charge on any atom is 0.246 e. The van der Waals surface area contributed by atoms with Gasteiger partial charge < -0.3 is 15.6 Å². The molecule has 0 unspecified atom stereocenters. The average Bonchev–Trinajstić information content (AvgIpc) is 2.41. The van der Waals surface area contributed by atoms with Crippen molar-refractivity contribution in [1.29, 1.82) is 0 Å². The molecule has 0 heterocycles. The van der Waals surface area contributed by atoms with Crippen LogP contribution < -0.4 is 10.5 Å². The van der Waals surface area contributed by atoms with Crippen molar-refractivity contribution < 1.29 is 18.3 Å². The van der Waals surface area contributed by atoms with E-state index in [1.807, 2.05) is 0 Å². The number of anilines is 1. The molecule has 0 saturated heterocycles. The Morgan fingerprint density at radius 2 is 2.05 bits per heavy atom. The van der Waals surface area contributed by atoms with E-state index in [1.165, 1.54) is 10.4 Å². The van der Waals surface area contributed by atoms with Gasteiger partial charge >= 0.3 is 0 Å². The number of nitrogen functional groups attached to an aromatic ring is 1. The molecule has 0 bridgehead atoms. The fourth-order valence-electron chi connectivity index (χ4n) is 1.84. The molecule has 6 nitrogen and oxygen atoms in total. The van der Waals surface area contributed by atoms with Gasteiger partial charge in [-0.15, -0.1) is 0 Å². The second-order valence-corrected chi connectivity index (χ2v) is 6.12. The molecule has 0 aliphatic carbocycles. The van der Waals surface area contributed by atoms with Gasteiger partial charge in [-0.05, 0) is 31.5 Å². The summed E-state index contributed by atoms with van der Waals surface area (Å²) in [6.45, 7) is 4.44. The fraction of sp³-hybridized carbons (Fsp3) is 0.538. The van der Waals surface area contributed by atoms with Crippen LogP contribution in [0.3, 0.4) is 0 Å². The second kappa shape index (κ2) is 7.47. The summed E-state index contributed by atoms with van der Waals surface area (Å²) in [6, 6.07) is 4.57. The Bertz CT molecular complexity index is 531. The van der Waals surface area contributed by atoms with Crippen molar-refractivity contribution in [3.8, 4) is 5.75 Å². The molecule has 1 aromatic rings. The minimum atomic E-state index is -3.68. The van der Waals surface area contributed by atoms with Crippen LogP contribution in [0.5, 0.6) is 5.75 Å². The molecular weight excluding hydrogens is 280 g/mol. The van der Waals surface area contributed by atoms with Crippen LogP contribution in [0.15, 0.2) is 23.1 Å². The maximum absolute atomic E-state index is 12.6. The molecule has 0 aliphatic heterocycles. The zero-order valence-corrected chi connectivity index (χ0v) is 12.7. The molecule has 0 aromatic heterocycles. The Kier molecular flexibility index (Phi) is 6.25. The van der Waals surface area contributed by atoms with Gasteiger partial charge in [0, 0.05) is 25.4 Å². The number of rotatable bonds is 8. The summed E-state index contributed by atoms with van der Waals surface area (Å²) in [5.41, 5.74) is 6.05. The van der Waals surface area contributed by atoms with Gasteiger partial charge in [-0.1, -0.05) is 6.92 Å². The van der Waals surface area contributed by atoms with E-state index in [0.717, 1.165) is 0 Å². The lowest BCUT2D eigenvalue weighted by molar-refractivity contribution is 0.270. The lowest BCUT2D eigenvalue weighted by Gasteiger charge is -2.21. The molecule has 0 spiro atoms. The largest absolute Gasteiger partial charge is 0.492 e. The molecule has 7 heteroatoms. The van der Waals surface area contributed by atoms with Gasteiger partial charge in [0.05, 0.1) is 6.61 Å². The Morgan fingerprint density at radius 3 is 2.60 bits per heavy atom. The molecule has 3 N–H and O–H groups in total. The van der Waals surface area contributed by atoms with Crippen LogP contribution in [0.2, 0.25) is 0 Å². The fourth-order valence-corrected chi connectivity index (χ4v) is 3.49. The van der Waals surface area contributed by atoms with E-state index in [9.17, 15) is 8.42 Å². The van der Waals surface area contributed by atoms with E-state index in [4.69, 9.17) is 15.6 Å². The molecule has 0 fully saturated rings. The van der Waals surface area contributed by atoms with Crippen molar-refractivity contribution in [2.24, 2.45) is 0 Å². The zero-order chi connectivity index (χ0) is 15.2. The van der Waals surface area contributed by atoms with Crippen LogP contribution >= 0.6 is 0 Å². The molecule has 1 aromatic carbocycles. The summed E-state index contributed by atoms with van der Waals surface area (Å²) in [6.07, 6.45) is 0.388. The highest BCUT2D eigenvalue weighted by Gasteiger charge is 2.26. The van der Waals surface area contributed by atoms with E-state index in [1.54, 1.807) is 26.0 Å². The number of hydrogen-bond acceptors (Lipinski definition) is 5. The predicted molar refractivity (Wildman–Crippen MR) is 78.2 cm³/mol. The normalized spacial score (nSPS) is 11.8. The highest BCUT2D eigenvalue weighted by atomic mass is 32.2. The summed E-state index contributed by atoms with van der Waals surface area (Å²) in [7, 11) is -3.68. The van der Waals surface area contributed by atoms with Gasteiger partial charge in [0.25, 0.3) is 0 Å². The molecule has 0 saturated carbocycles. The SMILES string of the molecule is CCOc1ccc(N)cc1S(=O)(=O)N(CC)CCCO. The van der Waals surface area contributed by atoms with Crippen LogP contribution in [-0.2, 0) is 10.0 Å². The van der Waals surface area contributed by atoms with Crippen molar-refractivity contribution in [3.63, 3.8) is 0 Å². The van der Waals surface area contributed by atoms with Crippen LogP contribution in [-0.4, -0.2) is 44.1 Å². The Morgan fingerprint density at radius 1 is 1.35 bits per heavy atom. The quantitative estimate of drug-likeness (QED) is 0.700. The number of nitrogens with two attached hydrogens (primary N) is 1. The van der Waals surface area contributed by atoms with E-state index < -0.39 is 10.0 Å². The van der Waals surface area contributed by atoms with Crippen molar-refractivity contribution in [2.75, 3.05) is 32.0 Å². The molecule has 20 heavy (non-hydrogen) atoms. The number of aliphatic hydroxyl groups excluding tert-OH is 1. The number of nitrogens with zero attached hydrogens (tertiary/aromatic N) is 1. The van der Waals surface area contributed by atoms with Gasteiger partial charge in [-0.2, -0.15) is 4.31 Å². The summed E-state index contributed by atoms with van der Waals surface area (Å²) < 4.78 is 31.9. The van der Waals surface area contributed by atoms with Crippen molar-refractivity contribution in [1.82, 2.24) is 4.31 Å². The van der Waals surface area contributed by atoms with Crippen molar-refractivity contribution in [2.45, 2.75) is 25.2 Å². The third-order valence-corrected chi connectivity index (χ3v) is 4.80.